The Bertz CT molecular complexity index is 283. The molecule has 1 aromatic heterocycles. The van der Waals surface area contributed by atoms with Crippen molar-refractivity contribution in [3.8, 4) is 0 Å². The van der Waals surface area contributed by atoms with Crippen LogP contribution in [0.3, 0.4) is 0 Å². The Morgan fingerprint density at radius 2 is 2.36 bits per heavy atom. The molecule has 0 saturated heterocycles. The van der Waals surface area contributed by atoms with Crippen LogP contribution in [-0.2, 0) is 13.6 Å². The Balaban J connectivity index is 2.35. The van der Waals surface area contributed by atoms with Gasteiger partial charge < -0.3 is 5.32 Å². The molecule has 0 aromatic carbocycles. The number of aryl methyl sites for hydroxylation is 1. The van der Waals surface area contributed by atoms with Crippen LogP contribution in [0.5, 0.6) is 0 Å². The van der Waals surface area contributed by atoms with Crippen LogP contribution in [-0.4, -0.2) is 27.8 Å². The highest BCUT2D eigenvalue weighted by atomic mass is 32.2. The van der Waals surface area contributed by atoms with Crippen LogP contribution < -0.4 is 5.32 Å². The molecular weight excluding hydrogens is 194 g/mol. The minimum atomic E-state index is 0.673. The summed E-state index contributed by atoms with van der Waals surface area (Å²) in [5.41, 5.74) is 2.54. The molecule has 0 spiro atoms. The minimum Gasteiger partial charge on any atom is -0.311 e. The van der Waals surface area contributed by atoms with Gasteiger partial charge in [0.25, 0.3) is 0 Å². The van der Waals surface area contributed by atoms with Gasteiger partial charge in [0.15, 0.2) is 0 Å². The first-order valence-corrected chi connectivity index (χ1v) is 6.15. The van der Waals surface area contributed by atoms with Crippen molar-refractivity contribution in [3.63, 3.8) is 0 Å². The van der Waals surface area contributed by atoms with E-state index in [-0.39, 0.29) is 0 Å². The number of hydrogen-bond donors (Lipinski definition) is 1. The van der Waals surface area contributed by atoms with Gasteiger partial charge in [0.05, 0.1) is 6.20 Å². The third kappa shape index (κ3) is 3.03. The van der Waals surface area contributed by atoms with Crippen LogP contribution in [0.25, 0.3) is 0 Å². The van der Waals surface area contributed by atoms with Crippen molar-refractivity contribution in [2.45, 2.75) is 25.6 Å². The number of aromatic nitrogens is 2. The average molecular weight is 213 g/mol. The van der Waals surface area contributed by atoms with Gasteiger partial charge in [-0.2, -0.15) is 16.9 Å². The normalized spacial score (nSPS) is 13.1. The Hall–Kier alpha value is -0.480. The maximum absolute atomic E-state index is 4.21. The lowest BCUT2D eigenvalue weighted by molar-refractivity contribution is 0.678. The molecule has 3 nitrogen and oxygen atoms in total. The molecule has 14 heavy (non-hydrogen) atoms. The Morgan fingerprint density at radius 1 is 1.64 bits per heavy atom. The monoisotopic (exact) mass is 213 g/mol. The van der Waals surface area contributed by atoms with Crippen molar-refractivity contribution in [1.82, 2.24) is 15.1 Å². The van der Waals surface area contributed by atoms with Crippen LogP contribution in [0.15, 0.2) is 6.20 Å². The van der Waals surface area contributed by atoms with E-state index in [1.165, 1.54) is 11.3 Å². The second-order valence-corrected chi connectivity index (χ2v) is 4.83. The number of hydrogen-bond acceptors (Lipinski definition) is 3. The summed E-state index contributed by atoms with van der Waals surface area (Å²) in [7, 11) is 1.98. The fraction of sp³-hybridized carbons (Fsp3) is 0.700. The van der Waals surface area contributed by atoms with Gasteiger partial charge in [0.2, 0.25) is 0 Å². The van der Waals surface area contributed by atoms with Gasteiger partial charge in [-0.25, -0.2) is 0 Å². The number of nitrogens with zero attached hydrogens (tertiary/aromatic N) is 2. The molecule has 1 atom stereocenters. The molecule has 1 aromatic rings. The van der Waals surface area contributed by atoms with Crippen LogP contribution in [0.2, 0.25) is 0 Å². The second-order valence-electron chi connectivity index (χ2n) is 3.56. The fourth-order valence-corrected chi connectivity index (χ4v) is 1.50. The van der Waals surface area contributed by atoms with Crippen molar-refractivity contribution >= 4 is 11.8 Å². The molecular formula is C10H19N3S. The lowest BCUT2D eigenvalue weighted by Crippen LogP contribution is -2.22. The Kier molecular flexibility index (Phi) is 4.48. The molecule has 0 aliphatic rings. The highest BCUT2D eigenvalue weighted by molar-refractivity contribution is 7.99. The summed E-state index contributed by atoms with van der Waals surface area (Å²) >= 11 is 1.89. The molecule has 0 aliphatic heterocycles. The standard InChI is InChI=1S/C10H19N3S/c1-8(14-4)5-11-6-10-7-12-13(3)9(10)2/h7-8,11H,5-6H2,1-4H3. The van der Waals surface area contributed by atoms with E-state index in [9.17, 15) is 0 Å². The maximum atomic E-state index is 4.21. The highest BCUT2D eigenvalue weighted by Gasteiger charge is 2.03. The van der Waals surface area contributed by atoms with Gasteiger partial charge in [-0.1, -0.05) is 6.92 Å². The van der Waals surface area contributed by atoms with Crippen LogP contribution in [0.1, 0.15) is 18.2 Å². The summed E-state index contributed by atoms with van der Waals surface area (Å²) in [6.07, 6.45) is 4.08. The molecule has 80 valence electrons. The summed E-state index contributed by atoms with van der Waals surface area (Å²) in [6.45, 7) is 6.30. The largest absolute Gasteiger partial charge is 0.311 e. The molecule has 1 rings (SSSR count). The summed E-state index contributed by atoms with van der Waals surface area (Å²) in [5, 5.41) is 8.31. The van der Waals surface area contributed by atoms with E-state index in [2.05, 4.69) is 30.5 Å². The summed E-state index contributed by atoms with van der Waals surface area (Å²) in [5.74, 6) is 0. The predicted octanol–water partition coefficient (Wildman–Crippen LogP) is 1.57. The average Bonchev–Trinajstić information content (AvgIpc) is 2.49. The van der Waals surface area contributed by atoms with Crippen LogP contribution in [0, 0.1) is 6.92 Å². The van der Waals surface area contributed by atoms with Crippen molar-refractivity contribution in [1.29, 1.82) is 0 Å². The van der Waals surface area contributed by atoms with E-state index in [1.54, 1.807) is 0 Å². The topological polar surface area (TPSA) is 29.9 Å². The van der Waals surface area contributed by atoms with Crippen molar-refractivity contribution in [2.75, 3.05) is 12.8 Å². The zero-order chi connectivity index (χ0) is 10.6. The first kappa shape index (κ1) is 11.6. The molecule has 1 heterocycles. The summed E-state index contributed by atoms with van der Waals surface area (Å²) < 4.78 is 1.91. The van der Waals surface area contributed by atoms with Crippen molar-refractivity contribution in [2.24, 2.45) is 7.05 Å². The molecule has 0 aliphatic carbocycles. The van der Waals surface area contributed by atoms with E-state index in [4.69, 9.17) is 0 Å². The van der Waals surface area contributed by atoms with E-state index >= 15 is 0 Å². The second kappa shape index (κ2) is 5.41. The van der Waals surface area contributed by atoms with Crippen molar-refractivity contribution < 1.29 is 0 Å². The molecule has 0 bridgehead atoms. The minimum absolute atomic E-state index is 0.673. The first-order chi connectivity index (χ1) is 6.65. The third-order valence-electron chi connectivity index (χ3n) is 2.49. The smallest absolute Gasteiger partial charge is 0.0537 e. The van der Waals surface area contributed by atoms with E-state index < -0.39 is 0 Å². The Morgan fingerprint density at radius 3 is 2.86 bits per heavy atom. The molecule has 4 heteroatoms. The van der Waals surface area contributed by atoms with Gasteiger partial charge in [-0.15, -0.1) is 0 Å². The van der Waals surface area contributed by atoms with Gasteiger partial charge in [0.1, 0.15) is 0 Å². The van der Waals surface area contributed by atoms with Crippen LogP contribution in [0.4, 0.5) is 0 Å². The zero-order valence-electron chi connectivity index (χ0n) is 9.37. The zero-order valence-corrected chi connectivity index (χ0v) is 10.2. The highest BCUT2D eigenvalue weighted by Crippen LogP contribution is 2.06. The fourth-order valence-electron chi connectivity index (χ4n) is 1.21. The number of thioether (sulfide) groups is 1. The number of rotatable bonds is 5. The van der Waals surface area contributed by atoms with Gasteiger partial charge in [0, 0.05) is 36.6 Å². The SMILES string of the molecule is CSC(C)CNCc1cnn(C)c1C. The lowest BCUT2D eigenvalue weighted by atomic mass is 10.2. The van der Waals surface area contributed by atoms with E-state index in [0.29, 0.717) is 5.25 Å². The quantitative estimate of drug-likeness (QED) is 0.805. The Labute approximate surface area is 90.3 Å². The number of nitrogens with one attached hydrogen (secondary N) is 1. The molecule has 0 amide bonds. The van der Waals surface area contributed by atoms with E-state index in [1.807, 2.05) is 29.7 Å². The maximum Gasteiger partial charge on any atom is 0.0537 e. The first-order valence-electron chi connectivity index (χ1n) is 4.86. The van der Waals surface area contributed by atoms with E-state index in [0.717, 1.165) is 13.1 Å². The molecule has 0 fully saturated rings. The van der Waals surface area contributed by atoms with Gasteiger partial charge >= 0.3 is 0 Å². The predicted molar refractivity (Wildman–Crippen MR) is 62.6 cm³/mol. The summed E-state index contributed by atoms with van der Waals surface area (Å²) in [4.78, 5) is 0. The summed E-state index contributed by atoms with van der Waals surface area (Å²) in [6, 6.07) is 0. The molecule has 1 N–H and O–H groups in total. The third-order valence-corrected chi connectivity index (χ3v) is 3.46. The van der Waals surface area contributed by atoms with Crippen molar-refractivity contribution in [3.05, 3.63) is 17.5 Å². The van der Waals surface area contributed by atoms with Crippen LogP contribution >= 0.6 is 11.8 Å². The molecule has 0 saturated carbocycles. The molecule has 0 radical (unpaired) electrons. The van der Waals surface area contributed by atoms with Gasteiger partial charge in [-0.05, 0) is 13.2 Å². The molecule has 1 unspecified atom stereocenters. The lowest BCUT2D eigenvalue weighted by Gasteiger charge is -2.09. The van der Waals surface area contributed by atoms with Gasteiger partial charge in [-0.3, -0.25) is 4.68 Å².